The van der Waals surface area contributed by atoms with Crippen LogP contribution in [0.3, 0.4) is 0 Å². The van der Waals surface area contributed by atoms with Crippen molar-refractivity contribution in [1.29, 1.82) is 0 Å². The van der Waals surface area contributed by atoms with Crippen LogP contribution < -0.4 is 9.47 Å². The first kappa shape index (κ1) is 33.2. The molecular weight excluding hydrogens is 602 g/mol. The van der Waals surface area contributed by atoms with E-state index in [0.29, 0.717) is 33.0 Å². The highest BCUT2D eigenvalue weighted by Crippen LogP contribution is 2.28. The lowest BCUT2D eigenvalue weighted by Gasteiger charge is -2.32. The first-order valence-corrected chi connectivity index (χ1v) is 13.0. The number of rotatable bonds is 10. The van der Waals surface area contributed by atoms with Crippen molar-refractivity contribution in [2.75, 3.05) is 26.9 Å². The molecule has 0 aromatic heterocycles. The third-order valence-corrected chi connectivity index (χ3v) is 5.93. The molecule has 0 radical (unpaired) electrons. The summed E-state index contributed by atoms with van der Waals surface area (Å²) in [6.07, 6.45) is -2.54. The maximum Gasteiger partial charge on any atom is 0.344 e. The quantitative estimate of drug-likeness (QED) is 0.282. The van der Waals surface area contributed by atoms with Gasteiger partial charge in [-0.1, -0.05) is 46.4 Å². The summed E-state index contributed by atoms with van der Waals surface area (Å²) in [5.41, 5.74) is 0. The molecule has 3 rings (SSSR count). The fourth-order valence-corrected chi connectivity index (χ4v) is 4.06. The molecule has 0 saturated carbocycles. The van der Waals surface area contributed by atoms with Crippen LogP contribution in [0.1, 0.15) is 19.8 Å². The number of halogens is 4. The van der Waals surface area contributed by atoms with Gasteiger partial charge in [-0.15, -0.1) is 0 Å². The van der Waals surface area contributed by atoms with Gasteiger partial charge in [0, 0.05) is 22.9 Å². The second kappa shape index (κ2) is 16.9. The molecule has 2 N–H and O–H groups in total. The highest BCUT2D eigenvalue weighted by Gasteiger charge is 2.31. The number of esters is 2. The van der Waals surface area contributed by atoms with E-state index < -0.39 is 36.7 Å². The summed E-state index contributed by atoms with van der Waals surface area (Å²) >= 11 is 23.2. The Morgan fingerprint density at radius 1 is 0.949 bits per heavy atom. The molecule has 2 aromatic rings. The molecular formula is C25H28Cl4O10. The van der Waals surface area contributed by atoms with E-state index >= 15 is 0 Å². The molecule has 216 valence electrons. The summed E-state index contributed by atoms with van der Waals surface area (Å²) in [4.78, 5) is 22.7. The number of methoxy groups -OCH3 is 1. The van der Waals surface area contributed by atoms with Gasteiger partial charge in [0.05, 0.1) is 29.9 Å². The van der Waals surface area contributed by atoms with Gasteiger partial charge < -0.3 is 38.6 Å². The van der Waals surface area contributed by atoms with E-state index in [1.54, 1.807) is 24.3 Å². The lowest BCUT2D eigenvalue weighted by atomic mass is 10.1. The van der Waals surface area contributed by atoms with E-state index in [9.17, 15) is 14.7 Å². The van der Waals surface area contributed by atoms with Crippen LogP contribution in [0.25, 0.3) is 0 Å². The lowest BCUT2D eigenvalue weighted by molar-refractivity contribution is -0.221. The monoisotopic (exact) mass is 628 g/mol. The Kier molecular flexibility index (Phi) is 14.4. The SMILES string of the molecule is CC(O)OCC1CC(OC(=O)COc2ccc(Cl)cc2Cl)CC(O)O1.COC(=O)COc1ccc(Cl)cc1Cl. The number of hydrogen-bond donors (Lipinski definition) is 2. The molecule has 4 atom stereocenters. The molecule has 14 heteroatoms. The van der Waals surface area contributed by atoms with Crippen molar-refractivity contribution in [3.05, 3.63) is 56.5 Å². The number of benzene rings is 2. The lowest BCUT2D eigenvalue weighted by Crippen LogP contribution is -2.41. The minimum Gasteiger partial charge on any atom is -0.480 e. The van der Waals surface area contributed by atoms with Crippen LogP contribution in [0.15, 0.2) is 36.4 Å². The number of ether oxygens (including phenoxy) is 6. The second-order valence-corrected chi connectivity index (χ2v) is 9.72. The van der Waals surface area contributed by atoms with Crippen molar-refractivity contribution >= 4 is 58.3 Å². The van der Waals surface area contributed by atoms with Crippen LogP contribution >= 0.6 is 46.4 Å². The molecule has 0 bridgehead atoms. The van der Waals surface area contributed by atoms with Gasteiger partial charge in [-0.25, -0.2) is 9.59 Å². The molecule has 1 heterocycles. The third-order valence-electron chi connectivity index (χ3n) is 4.87. The Morgan fingerprint density at radius 3 is 1.97 bits per heavy atom. The summed E-state index contributed by atoms with van der Waals surface area (Å²) in [6, 6.07) is 9.41. The third kappa shape index (κ3) is 12.8. The highest BCUT2D eigenvalue weighted by molar-refractivity contribution is 6.36. The van der Waals surface area contributed by atoms with Gasteiger partial charge in [0.1, 0.15) is 17.6 Å². The Hall–Kier alpha value is -2.02. The van der Waals surface area contributed by atoms with Crippen molar-refractivity contribution in [3.8, 4) is 11.5 Å². The van der Waals surface area contributed by atoms with E-state index in [-0.39, 0.29) is 31.3 Å². The van der Waals surface area contributed by atoms with Crippen LogP contribution in [0.2, 0.25) is 20.1 Å². The van der Waals surface area contributed by atoms with Crippen LogP contribution in [-0.4, -0.2) is 73.9 Å². The maximum absolute atomic E-state index is 11.9. The van der Waals surface area contributed by atoms with Crippen LogP contribution in [0.5, 0.6) is 11.5 Å². The van der Waals surface area contributed by atoms with Crippen LogP contribution in [0, 0.1) is 0 Å². The van der Waals surface area contributed by atoms with E-state index in [1.807, 2.05) is 0 Å². The molecule has 0 aliphatic carbocycles. The number of carbonyl (C=O) groups excluding carboxylic acids is 2. The minimum absolute atomic E-state index is 0.0830. The fraction of sp³-hybridized carbons (Fsp3) is 0.440. The fourth-order valence-electron chi connectivity index (χ4n) is 3.13. The summed E-state index contributed by atoms with van der Waals surface area (Å²) in [5.74, 6) is -0.337. The number of aliphatic hydroxyl groups excluding tert-OH is 2. The first-order valence-electron chi connectivity index (χ1n) is 11.5. The van der Waals surface area contributed by atoms with Gasteiger partial charge in [-0.3, -0.25) is 0 Å². The van der Waals surface area contributed by atoms with E-state index in [0.717, 1.165) is 0 Å². The molecule has 1 saturated heterocycles. The molecule has 1 fully saturated rings. The highest BCUT2D eigenvalue weighted by atomic mass is 35.5. The van der Waals surface area contributed by atoms with Gasteiger partial charge in [0.15, 0.2) is 25.8 Å². The zero-order chi connectivity index (χ0) is 28.9. The van der Waals surface area contributed by atoms with Crippen molar-refractivity contribution in [2.45, 2.75) is 44.6 Å². The van der Waals surface area contributed by atoms with E-state index in [4.69, 9.17) is 75.2 Å². The summed E-state index contributed by atoms with van der Waals surface area (Å²) < 4.78 is 30.4. The van der Waals surface area contributed by atoms with Gasteiger partial charge >= 0.3 is 11.9 Å². The van der Waals surface area contributed by atoms with Gasteiger partial charge in [0.25, 0.3) is 0 Å². The van der Waals surface area contributed by atoms with Crippen LogP contribution in [0.4, 0.5) is 0 Å². The van der Waals surface area contributed by atoms with E-state index in [2.05, 4.69) is 4.74 Å². The normalized spacial score (nSPS) is 19.2. The van der Waals surface area contributed by atoms with Crippen molar-refractivity contribution in [1.82, 2.24) is 0 Å². The van der Waals surface area contributed by atoms with Gasteiger partial charge in [-0.2, -0.15) is 0 Å². The average Bonchev–Trinajstić information content (AvgIpc) is 2.86. The Morgan fingerprint density at radius 2 is 1.49 bits per heavy atom. The molecule has 0 spiro atoms. The standard InChI is InChI=1S/C16H20Cl2O7.C9H8Cl2O3/c1-9(19)22-7-12-5-11(6-15(20)25-12)24-16(21)8-23-14-3-2-10(17)4-13(14)18;1-13-9(12)5-14-8-3-2-6(10)4-7(8)11/h2-4,9,11-12,15,19-20H,5-8H2,1H3;2-4H,5H2,1H3. The van der Waals surface area contributed by atoms with Gasteiger partial charge in [0.2, 0.25) is 0 Å². The Balaban J connectivity index is 0.000000322. The van der Waals surface area contributed by atoms with Crippen LogP contribution in [-0.2, 0) is 28.5 Å². The molecule has 10 nitrogen and oxygen atoms in total. The number of carbonyl (C=O) groups is 2. The molecule has 4 unspecified atom stereocenters. The molecule has 1 aliphatic rings. The topological polar surface area (TPSA) is 130 Å². The largest absolute Gasteiger partial charge is 0.480 e. The molecule has 2 aromatic carbocycles. The predicted octanol–water partition coefficient (Wildman–Crippen LogP) is 4.68. The maximum atomic E-state index is 11.9. The molecule has 0 amide bonds. The summed E-state index contributed by atoms with van der Waals surface area (Å²) in [6.45, 7) is 1.05. The predicted molar refractivity (Wildman–Crippen MR) is 144 cm³/mol. The molecule has 39 heavy (non-hydrogen) atoms. The van der Waals surface area contributed by atoms with Gasteiger partial charge in [-0.05, 0) is 43.3 Å². The zero-order valence-corrected chi connectivity index (χ0v) is 24.0. The zero-order valence-electron chi connectivity index (χ0n) is 21.0. The first-order chi connectivity index (χ1) is 18.5. The van der Waals surface area contributed by atoms with E-state index in [1.165, 1.54) is 26.2 Å². The number of hydrogen-bond acceptors (Lipinski definition) is 10. The Labute approximate surface area is 245 Å². The Bertz CT molecular complexity index is 1080. The second-order valence-electron chi connectivity index (χ2n) is 8.03. The van der Waals surface area contributed by atoms with Crippen molar-refractivity contribution in [2.24, 2.45) is 0 Å². The summed E-state index contributed by atoms with van der Waals surface area (Å²) in [5, 5.41) is 20.4. The van der Waals surface area contributed by atoms with Crippen molar-refractivity contribution in [3.63, 3.8) is 0 Å². The number of aliphatic hydroxyl groups is 2. The average molecular weight is 630 g/mol. The summed E-state index contributed by atoms with van der Waals surface area (Å²) in [7, 11) is 1.29. The smallest absolute Gasteiger partial charge is 0.344 e. The minimum atomic E-state index is -1.07. The molecule has 1 aliphatic heterocycles. The van der Waals surface area contributed by atoms with Crippen molar-refractivity contribution < 1.29 is 48.2 Å².